The molecule has 0 radical (unpaired) electrons. The Morgan fingerprint density at radius 3 is 2.53 bits per heavy atom. The lowest BCUT2D eigenvalue weighted by Gasteiger charge is -2.08. The third-order valence-electron chi connectivity index (χ3n) is 3.07. The van der Waals surface area contributed by atoms with Gasteiger partial charge in [-0.1, -0.05) is 12.1 Å². The fraction of sp³-hybridized carbons (Fsp3) is 0.133. The van der Waals surface area contributed by atoms with Crippen molar-refractivity contribution in [3.8, 4) is 11.5 Å². The molecular weight excluding hydrogens is 260 g/mol. The number of fused-ring (bicyclic) bond motifs is 2. The first kappa shape index (κ1) is 12.0. The van der Waals surface area contributed by atoms with Gasteiger partial charge in [0.2, 0.25) is 0 Å². The van der Waals surface area contributed by atoms with Crippen LogP contribution >= 0.6 is 11.3 Å². The molecule has 3 nitrogen and oxygen atoms in total. The van der Waals surface area contributed by atoms with Gasteiger partial charge in [0, 0.05) is 21.5 Å². The van der Waals surface area contributed by atoms with Crippen LogP contribution in [0.3, 0.4) is 0 Å². The van der Waals surface area contributed by atoms with Crippen molar-refractivity contribution in [3.05, 3.63) is 46.6 Å². The molecule has 0 N–H and O–H groups in total. The molecule has 3 rings (SSSR count). The molecule has 0 spiro atoms. The summed E-state index contributed by atoms with van der Waals surface area (Å²) in [4.78, 5) is 12.5. The Labute approximate surface area is 114 Å². The van der Waals surface area contributed by atoms with Crippen LogP contribution in [0.4, 0.5) is 0 Å². The normalized spacial score (nSPS) is 10.8. The number of hydrogen-bond donors (Lipinski definition) is 0. The molecule has 0 atom stereocenters. The quantitative estimate of drug-likeness (QED) is 0.670. The Hall–Kier alpha value is -2.07. The summed E-state index contributed by atoms with van der Waals surface area (Å²) in [5.41, 5.74) is 0.0153. The molecule has 3 aromatic rings. The van der Waals surface area contributed by atoms with Crippen molar-refractivity contribution in [2.24, 2.45) is 0 Å². The van der Waals surface area contributed by atoms with Crippen LogP contribution in [0, 0.1) is 0 Å². The van der Waals surface area contributed by atoms with Gasteiger partial charge in [-0.15, -0.1) is 11.3 Å². The molecule has 0 saturated heterocycles. The summed E-state index contributed by atoms with van der Waals surface area (Å²) in [6.45, 7) is 0. The van der Waals surface area contributed by atoms with E-state index in [9.17, 15) is 4.79 Å². The average molecular weight is 272 g/mol. The lowest BCUT2D eigenvalue weighted by molar-refractivity contribution is 0.398. The summed E-state index contributed by atoms with van der Waals surface area (Å²) in [5.74, 6) is 1.30. The van der Waals surface area contributed by atoms with Gasteiger partial charge in [-0.25, -0.2) is 0 Å². The Morgan fingerprint density at radius 1 is 1.00 bits per heavy atom. The maximum absolute atomic E-state index is 12.5. The fourth-order valence-corrected chi connectivity index (χ4v) is 3.26. The molecule has 0 bridgehead atoms. The molecule has 0 aliphatic carbocycles. The minimum atomic E-state index is 0.0153. The first-order chi connectivity index (χ1) is 9.24. The average Bonchev–Trinajstić information content (AvgIpc) is 2.47. The second kappa shape index (κ2) is 4.55. The van der Waals surface area contributed by atoms with Gasteiger partial charge in [0.15, 0.2) is 5.43 Å². The van der Waals surface area contributed by atoms with E-state index < -0.39 is 0 Å². The van der Waals surface area contributed by atoms with Crippen LogP contribution in [0.2, 0.25) is 0 Å². The van der Waals surface area contributed by atoms with Crippen LogP contribution in [0.1, 0.15) is 0 Å². The van der Waals surface area contributed by atoms with Crippen molar-refractivity contribution < 1.29 is 9.47 Å². The summed E-state index contributed by atoms with van der Waals surface area (Å²) < 4.78 is 12.4. The number of hydrogen-bond acceptors (Lipinski definition) is 4. The van der Waals surface area contributed by atoms with Gasteiger partial charge in [-0.3, -0.25) is 4.79 Å². The second-order valence-corrected chi connectivity index (χ2v) is 5.19. The number of benzene rings is 2. The molecule has 0 fully saturated rings. The molecule has 4 heteroatoms. The predicted octanol–water partition coefficient (Wildman–Crippen LogP) is 3.43. The zero-order valence-corrected chi connectivity index (χ0v) is 11.4. The monoisotopic (exact) mass is 272 g/mol. The highest BCUT2D eigenvalue weighted by atomic mass is 32.1. The molecular formula is C15H12O3S. The van der Waals surface area contributed by atoms with E-state index in [0.29, 0.717) is 16.9 Å². The lowest BCUT2D eigenvalue weighted by atomic mass is 10.1. The highest BCUT2D eigenvalue weighted by Crippen LogP contribution is 2.35. The van der Waals surface area contributed by atoms with Crippen molar-refractivity contribution >= 4 is 31.5 Å². The molecule has 19 heavy (non-hydrogen) atoms. The number of ether oxygens (including phenoxy) is 2. The summed E-state index contributed by atoms with van der Waals surface area (Å²) in [5, 5.41) is 1.37. The third kappa shape index (κ3) is 1.85. The minimum absolute atomic E-state index is 0.0153. The summed E-state index contributed by atoms with van der Waals surface area (Å²) >= 11 is 1.56. The molecule has 0 unspecified atom stereocenters. The molecule has 0 saturated carbocycles. The van der Waals surface area contributed by atoms with Gasteiger partial charge in [0.05, 0.1) is 18.9 Å². The molecule has 96 valence electrons. The zero-order valence-electron chi connectivity index (χ0n) is 10.6. The van der Waals surface area contributed by atoms with E-state index in [4.69, 9.17) is 9.47 Å². The van der Waals surface area contributed by atoms with Crippen molar-refractivity contribution in [1.29, 1.82) is 0 Å². The maximum atomic E-state index is 12.5. The molecule has 1 aromatic heterocycles. The number of rotatable bonds is 2. The molecule has 0 aliphatic rings. The van der Waals surface area contributed by atoms with E-state index in [-0.39, 0.29) is 5.43 Å². The maximum Gasteiger partial charge on any atom is 0.196 e. The van der Waals surface area contributed by atoms with Gasteiger partial charge in [0.1, 0.15) is 11.5 Å². The topological polar surface area (TPSA) is 35.5 Å². The van der Waals surface area contributed by atoms with Crippen molar-refractivity contribution in [3.63, 3.8) is 0 Å². The molecule has 1 heterocycles. The number of methoxy groups -OCH3 is 2. The van der Waals surface area contributed by atoms with Crippen LogP contribution in [0.15, 0.2) is 41.2 Å². The first-order valence-electron chi connectivity index (χ1n) is 5.82. The van der Waals surface area contributed by atoms with Crippen LogP contribution < -0.4 is 14.9 Å². The van der Waals surface area contributed by atoms with Gasteiger partial charge in [0.25, 0.3) is 0 Å². The van der Waals surface area contributed by atoms with Crippen LogP contribution in [-0.2, 0) is 0 Å². The second-order valence-electron chi connectivity index (χ2n) is 4.13. The standard InChI is InChI=1S/C15H12O3S/c1-17-9-7-11-14(16)10-5-3-4-6-13(10)19-15(11)12(8-9)18-2/h3-8H,1-2H3. The predicted molar refractivity (Wildman–Crippen MR) is 78.7 cm³/mol. The minimum Gasteiger partial charge on any atom is -0.497 e. The van der Waals surface area contributed by atoms with Gasteiger partial charge >= 0.3 is 0 Å². The third-order valence-corrected chi connectivity index (χ3v) is 4.27. The molecule has 2 aromatic carbocycles. The van der Waals surface area contributed by atoms with Crippen molar-refractivity contribution in [1.82, 2.24) is 0 Å². The summed E-state index contributed by atoms with van der Waals surface area (Å²) in [6.07, 6.45) is 0. The smallest absolute Gasteiger partial charge is 0.196 e. The zero-order chi connectivity index (χ0) is 13.4. The van der Waals surface area contributed by atoms with Gasteiger partial charge in [-0.05, 0) is 18.2 Å². The highest BCUT2D eigenvalue weighted by molar-refractivity contribution is 7.24. The molecule has 0 amide bonds. The van der Waals surface area contributed by atoms with Gasteiger partial charge in [-0.2, -0.15) is 0 Å². The van der Waals surface area contributed by atoms with E-state index in [0.717, 1.165) is 14.8 Å². The SMILES string of the molecule is COc1cc(OC)c2sc3ccccc3c(=O)c2c1. The fourth-order valence-electron chi connectivity index (χ4n) is 2.12. The van der Waals surface area contributed by atoms with Crippen molar-refractivity contribution in [2.75, 3.05) is 14.2 Å². The highest BCUT2D eigenvalue weighted by Gasteiger charge is 2.11. The largest absolute Gasteiger partial charge is 0.497 e. The van der Waals surface area contributed by atoms with E-state index in [1.165, 1.54) is 0 Å². The lowest BCUT2D eigenvalue weighted by Crippen LogP contribution is -2.02. The Morgan fingerprint density at radius 2 is 1.79 bits per heavy atom. The van der Waals surface area contributed by atoms with Crippen LogP contribution in [0.5, 0.6) is 11.5 Å². The van der Waals surface area contributed by atoms with Gasteiger partial charge < -0.3 is 9.47 Å². The molecule has 0 aliphatic heterocycles. The van der Waals surface area contributed by atoms with E-state index in [2.05, 4.69) is 0 Å². The van der Waals surface area contributed by atoms with E-state index in [1.54, 1.807) is 37.7 Å². The first-order valence-corrected chi connectivity index (χ1v) is 6.64. The Bertz CT molecular complexity index is 821. The van der Waals surface area contributed by atoms with Crippen molar-refractivity contribution in [2.45, 2.75) is 0 Å². The van der Waals surface area contributed by atoms with E-state index in [1.807, 2.05) is 24.3 Å². The summed E-state index contributed by atoms with van der Waals surface area (Å²) in [6, 6.07) is 11.2. The summed E-state index contributed by atoms with van der Waals surface area (Å²) in [7, 11) is 3.18. The Balaban J connectivity index is 2.54. The Kier molecular flexibility index (Phi) is 2.87. The van der Waals surface area contributed by atoms with Crippen LogP contribution in [-0.4, -0.2) is 14.2 Å². The van der Waals surface area contributed by atoms with Crippen LogP contribution in [0.25, 0.3) is 20.2 Å². The van der Waals surface area contributed by atoms with E-state index >= 15 is 0 Å².